The average molecular weight is 161 g/mol. The van der Waals surface area contributed by atoms with E-state index in [0.29, 0.717) is 12.6 Å². The van der Waals surface area contributed by atoms with Gasteiger partial charge in [0.15, 0.2) is 0 Å². The molecule has 0 aromatic carbocycles. The molecule has 0 saturated carbocycles. The van der Waals surface area contributed by atoms with Crippen LogP contribution in [0.2, 0.25) is 0 Å². The molecule has 0 aromatic heterocycles. The van der Waals surface area contributed by atoms with Crippen LogP contribution in [0.15, 0.2) is 0 Å². The van der Waals surface area contributed by atoms with Crippen molar-refractivity contribution >= 4 is 0 Å². The summed E-state index contributed by atoms with van der Waals surface area (Å²) in [5.74, 6) is 5.50. The highest BCUT2D eigenvalue weighted by molar-refractivity contribution is 4.55. The Morgan fingerprint density at radius 2 is 2.09 bits per heavy atom. The number of hydrogen-bond donors (Lipinski definition) is 3. The van der Waals surface area contributed by atoms with E-state index in [2.05, 4.69) is 19.2 Å². The van der Waals surface area contributed by atoms with Crippen molar-refractivity contribution in [3.8, 4) is 0 Å². The van der Waals surface area contributed by atoms with Gasteiger partial charge < -0.3 is 10.4 Å². The van der Waals surface area contributed by atoms with Gasteiger partial charge in [-0.15, -0.1) is 0 Å². The van der Waals surface area contributed by atoms with Crippen molar-refractivity contribution in [1.82, 2.24) is 10.3 Å². The zero-order chi connectivity index (χ0) is 8.69. The Morgan fingerprint density at radius 1 is 1.45 bits per heavy atom. The molecule has 0 amide bonds. The van der Waals surface area contributed by atoms with Crippen LogP contribution in [0.3, 0.4) is 0 Å². The van der Waals surface area contributed by atoms with E-state index < -0.39 is 0 Å². The Kier molecular flexibility index (Phi) is 6.45. The van der Waals surface area contributed by atoms with E-state index in [1.165, 1.54) is 0 Å². The molecule has 0 aliphatic heterocycles. The molecule has 0 atom stereocenters. The largest absolute Gasteiger partial charge is 0.395 e. The second-order valence-corrected chi connectivity index (χ2v) is 2.87. The van der Waals surface area contributed by atoms with Gasteiger partial charge in [-0.3, -0.25) is 5.84 Å². The van der Waals surface area contributed by atoms with Gasteiger partial charge in [-0.25, -0.2) is 5.01 Å². The second kappa shape index (κ2) is 6.54. The Morgan fingerprint density at radius 3 is 2.55 bits per heavy atom. The van der Waals surface area contributed by atoms with Crippen molar-refractivity contribution < 1.29 is 5.11 Å². The molecule has 0 rings (SSSR count). The molecule has 11 heavy (non-hydrogen) atoms. The van der Waals surface area contributed by atoms with Gasteiger partial charge in [-0.2, -0.15) is 0 Å². The van der Waals surface area contributed by atoms with Crippen LogP contribution in [0.1, 0.15) is 13.8 Å². The number of aliphatic hydroxyl groups excluding tert-OH is 1. The maximum Gasteiger partial charge on any atom is 0.0572 e. The molecule has 4 N–H and O–H groups in total. The molecular weight excluding hydrogens is 142 g/mol. The molecule has 0 saturated heterocycles. The van der Waals surface area contributed by atoms with Crippen molar-refractivity contribution in [2.45, 2.75) is 19.9 Å². The Hall–Kier alpha value is -0.160. The summed E-state index contributed by atoms with van der Waals surface area (Å²) in [5.41, 5.74) is 0. The van der Waals surface area contributed by atoms with Crippen molar-refractivity contribution in [1.29, 1.82) is 0 Å². The van der Waals surface area contributed by atoms with E-state index in [4.69, 9.17) is 10.9 Å². The number of rotatable bonds is 6. The molecule has 0 fully saturated rings. The minimum Gasteiger partial charge on any atom is -0.395 e. The smallest absolute Gasteiger partial charge is 0.0572 e. The minimum absolute atomic E-state index is 0.123. The molecule has 4 nitrogen and oxygen atoms in total. The Balaban J connectivity index is 3.10. The third-order valence-corrected chi connectivity index (χ3v) is 1.34. The first kappa shape index (κ1) is 10.8. The first-order chi connectivity index (χ1) is 5.16. The molecule has 0 aliphatic carbocycles. The van der Waals surface area contributed by atoms with E-state index in [1.54, 1.807) is 5.01 Å². The van der Waals surface area contributed by atoms with Crippen LogP contribution in [0.4, 0.5) is 0 Å². The van der Waals surface area contributed by atoms with Crippen LogP contribution < -0.4 is 11.2 Å². The first-order valence-corrected chi connectivity index (χ1v) is 4.00. The van der Waals surface area contributed by atoms with Crippen LogP contribution in [-0.2, 0) is 0 Å². The zero-order valence-corrected chi connectivity index (χ0v) is 7.38. The van der Waals surface area contributed by atoms with E-state index in [9.17, 15) is 0 Å². The highest BCUT2D eigenvalue weighted by Crippen LogP contribution is 1.77. The third-order valence-electron chi connectivity index (χ3n) is 1.34. The predicted molar refractivity (Wildman–Crippen MR) is 46.0 cm³/mol. The fourth-order valence-corrected chi connectivity index (χ4v) is 0.737. The molecule has 4 heteroatoms. The number of hydrazine groups is 1. The van der Waals surface area contributed by atoms with Crippen LogP contribution in [-0.4, -0.2) is 42.4 Å². The molecule has 0 radical (unpaired) electrons. The van der Waals surface area contributed by atoms with E-state index in [1.807, 2.05) is 0 Å². The number of nitrogens with zero attached hydrogens (tertiary/aromatic N) is 1. The summed E-state index contributed by atoms with van der Waals surface area (Å²) in [6.07, 6.45) is 0. The quantitative estimate of drug-likeness (QED) is 0.351. The third kappa shape index (κ3) is 7.74. The van der Waals surface area contributed by atoms with E-state index in [0.717, 1.165) is 13.1 Å². The van der Waals surface area contributed by atoms with Gasteiger partial charge in [-0.1, -0.05) is 13.8 Å². The second-order valence-electron chi connectivity index (χ2n) is 2.87. The number of aliphatic hydroxyl groups is 1. The average Bonchev–Trinajstić information content (AvgIpc) is 1.87. The summed E-state index contributed by atoms with van der Waals surface area (Å²) in [6.45, 7) is 6.49. The van der Waals surface area contributed by atoms with E-state index in [-0.39, 0.29) is 6.61 Å². The molecule has 0 heterocycles. The maximum absolute atomic E-state index is 8.50. The van der Waals surface area contributed by atoms with Crippen LogP contribution in [0.25, 0.3) is 0 Å². The maximum atomic E-state index is 8.50. The first-order valence-electron chi connectivity index (χ1n) is 4.00. The number of nitrogens with two attached hydrogens (primary N) is 1. The molecule has 0 aliphatic rings. The van der Waals surface area contributed by atoms with Gasteiger partial charge in [-0.05, 0) is 0 Å². The number of hydrogen-bond acceptors (Lipinski definition) is 4. The van der Waals surface area contributed by atoms with E-state index >= 15 is 0 Å². The van der Waals surface area contributed by atoms with Gasteiger partial charge in [0.25, 0.3) is 0 Å². The predicted octanol–water partition coefficient (Wildman–Crippen LogP) is -0.848. The number of nitrogens with one attached hydrogen (secondary N) is 1. The summed E-state index contributed by atoms with van der Waals surface area (Å²) in [6, 6.07) is 0.498. The lowest BCUT2D eigenvalue weighted by molar-refractivity contribution is 0.198. The monoisotopic (exact) mass is 161 g/mol. The zero-order valence-electron chi connectivity index (χ0n) is 7.38. The SMILES string of the molecule is CC(C)NCCN(N)CCO. The van der Waals surface area contributed by atoms with Crippen LogP contribution >= 0.6 is 0 Å². The lowest BCUT2D eigenvalue weighted by Gasteiger charge is -2.15. The summed E-state index contributed by atoms with van der Waals surface area (Å²) >= 11 is 0. The van der Waals surface area contributed by atoms with Crippen molar-refractivity contribution in [3.05, 3.63) is 0 Å². The molecule has 0 spiro atoms. The highest BCUT2D eigenvalue weighted by Gasteiger charge is 1.96. The molecular formula is C7H19N3O. The highest BCUT2D eigenvalue weighted by atomic mass is 16.3. The standard InChI is InChI=1S/C7H19N3O/c1-7(2)9-3-4-10(8)5-6-11/h7,9,11H,3-6,8H2,1-2H3. The van der Waals surface area contributed by atoms with Gasteiger partial charge >= 0.3 is 0 Å². The summed E-state index contributed by atoms with van der Waals surface area (Å²) in [5, 5.41) is 13.3. The summed E-state index contributed by atoms with van der Waals surface area (Å²) in [7, 11) is 0. The summed E-state index contributed by atoms with van der Waals surface area (Å²) in [4.78, 5) is 0. The van der Waals surface area contributed by atoms with Crippen LogP contribution in [0, 0.1) is 0 Å². The molecule has 0 aromatic rings. The van der Waals surface area contributed by atoms with Crippen molar-refractivity contribution in [2.24, 2.45) is 5.84 Å². The Bertz CT molecular complexity index is 87.8. The lowest BCUT2D eigenvalue weighted by Crippen LogP contribution is -2.40. The topological polar surface area (TPSA) is 61.5 Å². The fourth-order valence-electron chi connectivity index (χ4n) is 0.737. The fraction of sp³-hybridized carbons (Fsp3) is 1.00. The summed E-state index contributed by atoms with van der Waals surface area (Å²) < 4.78 is 0. The molecule has 0 bridgehead atoms. The van der Waals surface area contributed by atoms with Gasteiger partial charge in [0.2, 0.25) is 0 Å². The normalized spacial score (nSPS) is 11.5. The van der Waals surface area contributed by atoms with Crippen molar-refractivity contribution in [2.75, 3.05) is 26.2 Å². The lowest BCUT2D eigenvalue weighted by atomic mass is 10.4. The minimum atomic E-state index is 0.123. The molecule has 68 valence electrons. The Labute approximate surface area is 68.3 Å². The van der Waals surface area contributed by atoms with Gasteiger partial charge in [0.05, 0.1) is 6.61 Å². The van der Waals surface area contributed by atoms with Crippen LogP contribution in [0.5, 0.6) is 0 Å². The molecule has 0 unspecified atom stereocenters. The van der Waals surface area contributed by atoms with Gasteiger partial charge in [0, 0.05) is 25.7 Å². The van der Waals surface area contributed by atoms with Gasteiger partial charge in [0.1, 0.15) is 0 Å². The van der Waals surface area contributed by atoms with Crippen molar-refractivity contribution in [3.63, 3.8) is 0 Å².